The predicted octanol–water partition coefficient (Wildman–Crippen LogP) is 3.28. The number of carbonyl (C=O) groups excluding carboxylic acids is 1. The van der Waals surface area contributed by atoms with E-state index >= 15 is 0 Å². The highest BCUT2D eigenvalue weighted by molar-refractivity contribution is 7.17. The number of hydrogen-bond acceptors (Lipinski definition) is 6. The summed E-state index contributed by atoms with van der Waals surface area (Å²) in [4.78, 5) is 20.8. The second-order valence-corrected chi connectivity index (χ2v) is 6.87. The van der Waals surface area contributed by atoms with Gasteiger partial charge in [-0.2, -0.15) is 10.1 Å². The van der Waals surface area contributed by atoms with Crippen LogP contribution < -0.4 is 0 Å². The minimum atomic E-state index is -0.114. The number of likely N-dealkylation sites (tertiary alicyclic amines) is 1. The van der Waals surface area contributed by atoms with E-state index < -0.39 is 0 Å². The second kappa shape index (κ2) is 6.56. The summed E-state index contributed by atoms with van der Waals surface area (Å²) >= 11 is 1.47. The molecule has 1 N–H and O–H groups in total. The lowest BCUT2D eigenvalue weighted by Crippen LogP contribution is -2.34. The summed E-state index contributed by atoms with van der Waals surface area (Å²) in [5.41, 5.74) is 0.921. The number of rotatable bonds is 3. The Morgan fingerprint density at radius 2 is 2.25 bits per heavy atom. The van der Waals surface area contributed by atoms with Crippen LogP contribution in [0.25, 0.3) is 10.6 Å². The van der Waals surface area contributed by atoms with Crippen molar-refractivity contribution in [3.05, 3.63) is 41.5 Å². The van der Waals surface area contributed by atoms with Gasteiger partial charge in [-0.1, -0.05) is 18.0 Å². The first-order valence-corrected chi connectivity index (χ1v) is 8.81. The number of aromatic amines is 1. The van der Waals surface area contributed by atoms with Crippen LogP contribution in [-0.4, -0.2) is 37.7 Å². The maximum atomic E-state index is 13.1. The van der Waals surface area contributed by atoms with Gasteiger partial charge in [0.15, 0.2) is 5.82 Å². The van der Waals surface area contributed by atoms with Crippen LogP contribution in [0, 0.1) is 0 Å². The highest BCUT2D eigenvalue weighted by atomic mass is 32.1. The molecule has 0 unspecified atom stereocenters. The standard InChI is InChI=1S/C16H17N5O2S/c22-16(14-6-5-13(24-14)11-7-8-18-19-11)21-9-3-1-2-4-12(21)15-17-10-23-20-15/h5-8,10,12H,1-4,9H2,(H,18,19)/t12-/m1/s1. The van der Waals surface area contributed by atoms with Crippen molar-refractivity contribution < 1.29 is 9.32 Å². The van der Waals surface area contributed by atoms with Crippen molar-refractivity contribution >= 4 is 17.2 Å². The first kappa shape index (κ1) is 15.1. The minimum absolute atomic E-state index is 0.0301. The molecule has 124 valence electrons. The maximum Gasteiger partial charge on any atom is 0.264 e. The van der Waals surface area contributed by atoms with E-state index in [1.165, 1.54) is 17.7 Å². The Kier molecular flexibility index (Phi) is 4.12. The zero-order valence-electron chi connectivity index (χ0n) is 13.0. The molecule has 7 nitrogen and oxygen atoms in total. The largest absolute Gasteiger partial charge is 0.343 e. The fraction of sp³-hybridized carbons (Fsp3) is 0.375. The molecule has 4 rings (SSSR count). The molecule has 1 saturated heterocycles. The number of nitrogens with zero attached hydrogens (tertiary/aromatic N) is 4. The summed E-state index contributed by atoms with van der Waals surface area (Å²) in [6.07, 6.45) is 7.07. The summed E-state index contributed by atoms with van der Waals surface area (Å²) in [5, 5.41) is 10.9. The smallest absolute Gasteiger partial charge is 0.264 e. The van der Waals surface area contributed by atoms with Crippen LogP contribution in [0.5, 0.6) is 0 Å². The van der Waals surface area contributed by atoms with Crippen molar-refractivity contribution in [3.63, 3.8) is 0 Å². The minimum Gasteiger partial charge on any atom is -0.343 e. The van der Waals surface area contributed by atoms with E-state index in [0.29, 0.717) is 5.82 Å². The maximum absolute atomic E-state index is 13.1. The van der Waals surface area contributed by atoms with Crippen LogP contribution in [0.15, 0.2) is 35.3 Å². The molecule has 1 aliphatic rings. The van der Waals surface area contributed by atoms with E-state index in [-0.39, 0.29) is 11.9 Å². The van der Waals surface area contributed by atoms with Crippen molar-refractivity contribution in [1.82, 2.24) is 25.2 Å². The number of nitrogens with one attached hydrogen (secondary N) is 1. The molecule has 1 aliphatic heterocycles. The molecule has 1 amide bonds. The molecule has 8 heteroatoms. The Morgan fingerprint density at radius 3 is 3.04 bits per heavy atom. The summed E-state index contributed by atoms with van der Waals surface area (Å²) in [7, 11) is 0. The van der Waals surface area contributed by atoms with Gasteiger partial charge in [-0.3, -0.25) is 9.89 Å². The highest BCUT2D eigenvalue weighted by Gasteiger charge is 2.31. The topological polar surface area (TPSA) is 87.9 Å². The van der Waals surface area contributed by atoms with Gasteiger partial charge in [0.25, 0.3) is 5.91 Å². The van der Waals surface area contributed by atoms with Crippen molar-refractivity contribution in [2.24, 2.45) is 0 Å². The summed E-state index contributed by atoms with van der Waals surface area (Å²) < 4.78 is 4.89. The lowest BCUT2D eigenvalue weighted by atomic mass is 10.1. The quantitative estimate of drug-likeness (QED) is 0.788. The van der Waals surface area contributed by atoms with Crippen LogP contribution in [-0.2, 0) is 0 Å². The third kappa shape index (κ3) is 2.84. The number of H-pyrrole nitrogens is 1. The molecule has 0 aromatic carbocycles. The van der Waals surface area contributed by atoms with Gasteiger partial charge in [-0.25, -0.2) is 0 Å². The van der Waals surface area contributed by atoms with E-state index in [0.717, 1.165) is 47.7 Å². The monoisotopic (exact) mass is 343 g/mol. The first-order chi connectivity index (χ1) is 11.8. The lowest BCUT2D eigenvalue weighted by Gasteiger charge is -2.27. The summed E-state index contributed by atoms with van der Waals surface area (Å²) in [6.45, 7) is 0.718. The van der Waals surface area contributed by atoms with E-state index in [1.807, 2.05) is 23.1 Å². The van der Waals surface area contributed by atoms with Crippen molar-refractivity contribution in [2.75, 3.05) is 6.54 Å². The average molecular weight is 343 g/mol. The molecule has 0 spiro atoms. The van der Waals surface area contributed by atoms with Crippen molar-refractivity contribution in [2.45, 2.75) is 31.7 Å². The van der Waals surface area contributed by atoms with Gasteiger partial charge < -0.3 is 9.42 Å². The molecule has 4 heterocycles. The van der Waals surface area contributed by atoms with E-state index in [2.05, 4.69) is 20.3 Å². The fourth-order valence-corrected chi connectivity index (χ4v) is 4.01. The zero-order chi connectivity index (χ0) is 16.4. The predicted molar refractivity (Wildman–Crippen MR) is 88.4 cm³/mol. The highest BCUT2D eigenvalue weighted by Crippen LogP contribution is 2.32. The van der Waals surface area contributed by atoms with Crippen LogP contribution >= 0.6 is 11.3 Å². The summed E-state index contributed by atoms with van der Waals surface area (Å²) in [6, 6.07) is 5.61. The van der Waals surface area contributed by atoms with Crippen LogP contribution in [0.4, 0.5) is 0 Å². The molecule has 0 radical (unpaired) electrons. The Balaban J connectivity index is 1.61. The molecule has 0 saturated carbocycles. The number of amides is 1. The average Bonchev–Trinajstić information content (AvgIpc) is 3.33. The van der Waals surface area contributed by atoms with Crippen molar-refractivity contribution in [3.8, 4) is 10.6 Å². The molecular formula is C16H17N5O2S. The molecule has 1 fully saturated rings. The Labute approximate surface area is 142 Å². The first-order valence-electron chi connectivity index (χ1n) is 8.00. The molecule has 3 aromatic rings. The Morgan fingerprint density at radius 1 is 1.29 bits per heavy atom. The normalized spacial score (nSPS) is 18.5. The molecule has 1 atom stereocenters. The molecule has 24 heavy (non-hydrogen) atoms. The van der Waals surface area contributed by atoms with Gasteiger partial charge in [0, 0.05) is 12.7 Å². The number of carbonyl (C=O) groups is 1. The number of thiophene rings is 1. The van der Waals surface area contributed by atoms with Gasteiger partial charge in [0.2, 0.25) is 6.39 Å². The van der Waals surface area contributed by atoms with Crippen LogP contribution in [0.1, 0.15) is 47.2 Å². The van der Waals surface area contributed by atoms with Gasteiger partial charge >= 0.3 is 0 Å². The fourth-order valence-electron chi connectivity index (χ4n) is 3.08. The lowest BCUT2D eigenvalue weighted by molar-refractivity contribution is 0.0675. The van der Waals surface area contributed by atoms with Crippen LogP contribution in [0.2, 0.25) is 0 Å². The van der Waals surface area contributed by atoms with Gasteiger partial charge in [-0.15, -0.1) is 11.3 Å². The third-order valence-electron chi connectivity index (χ3n) is 4.27. The van der Waals surface area contributed by atoms with E-state index in [4.69, 9.17) is 4.52 Å². The van der Waals surface area contributed by atoms with Crippen LogP contribution in [0.3, 0.4) is 0 Å². The van der Waals surface area contributed by atoms with Crippen molar-refractivity contribution in [1.29, 1.82) is 0 Å². The Hall–Kier alpha value is -2.48. The molecule has 0 bridgehead atoms. The SMILES string of the molecule is O=C(c1ccc(-c2ccn[nH]2)s1)N1CCCCC[C@@H]1c1ncon1. The third-order valence-corrected chi connectivity index (χ3v) is 5.38. The number of aromatic nitrogens is 4. The Bertz CT molecular complexity index is 796. The van der Waals surface area contributed by atoms with Gasteiger partial charge in [0.1, 0.15) is 0 Å². The molecule has 0 aliphatic carbocycles. The van der Waals surface area contributed by atoms with Gasteiger partial charge in [-0.05, 0) is 31.0 Å². The summed E-state index contributed by atoms with van der Waals surface area (Å²) in [5.74, 6) is 0.623. The second-order valence-electron chi connectivity index (χ2n) is 5.79. The van der Waals surface area contributed by atoms with E-state index in [1.54, 1.807) is 6.20 Å². The van der Waals surface area contributed by atoms with E-state index in [9.17, 15) is 4.79 Å². The molecular weight excluding hydrogens is 326 g/mol. The number of hydrogen-bond donors (Lipinski definition) is 1. The molecule has 3 aromatic heterocycles. The van der Waals surface area contributed by atoms with Gasteiger partial charge in [0.05, 0.1) is 21.5 Å². The zero-order valence-corrected chi connectivity index (χ0v) is 13.8.